The fraction of sp³-hybridized carbons (Fsp3) is 0.333. The van der Waals surface area contributed by atoms with Crippen LogP contribution < -0.4 is 0 Å². The number of rotatable bonds is 4. The van der Waals surface area contributed by atoms with Crippen LogP contribution in [0, 0.1) is 0 Å². The van der Waals surface area contributed by atoms with E-state index < -0.39 is 0 Å². The molecule has 3 nitrogen and oxygen atoms in total. The topological polar surface area (TPSA) is 41.6 Å². The number of hydrogen-bond acceptors (Lipinski definition) is 3. The van der Waals surface area contributed by atoms with Crippen LogP contribution in [0.25, 0.3) is 0 Å². The monoisotopic (exact) mass is 155 g/mol. The van der Waals surface area contributed by atoms with Crippen molar-refractivity contribution in [3.05, 3.63) is 19.0 Å². The van der Waals surface area contributed by atoms with Crippen LogP contribution in [-0.4, -0.2) is 20.9 Å². The number of nitrogens with zero attached hydrogens (tertiary/aromatic N) is 2. The molecule has 0 bridgehead atoms. The molecule has 0 radical (unpaired) electrons. The summed E-state index contributed by atoms with van der Waals surface area (Å²) in [4.78, 5) is 3.95. The van der Waals surface area contributed by atoms with E-state index in [1.54, 1.807) is 11.8 Å². The number of H-pyrrole nitrogens is 1. The van der Waals surface area contributed by atoms with Gasteiger partial charge in [-0.2, -0.15) is 5.10 Å². The molecule has 0 aliphatic heterocycles. The Morgan fingerprint density at radius 1 is 1.80 bits per heavy atom. The van der Waals surface area contributed by atoms with Gasteiger partial charge in [0, 0.05) is 5.75 Å². The average Bonchev–Trinajstić information content (AvgIpc) is 2.41. The van der Waals surface area contributed by atoms with Crippen LogP contribution in [0.5, 0.6) is 0 Å². The molecule has 54 valence electrons. The van der Waals surface area contributed by atoms with Gasteiger partial charge in [-0.3, -0.25) is 5.10 Å². The predicted molar refractivity (Wildman–Crippen MR) is 41.9 cm³/mol. The van der Waals surface area contributed by atoms with Gasteiger partial charge in [-0.05, 0) is 6.42 Å². The summed E-state index contributed by atoms with van der Waals surface area (Å²) in [6.07, 6.45) is 4.41. The molecule has 1 N–H and O–H groups in total. The zero-order chi connectivity index (χ0) is 7.23. The third-order valence-electron chi connectivity index (χ3n) is 0.954. The lowest BCUT2D eigenvalue weighted by Crippen LogP contribution is -1.78. The SMILES string of the molecule is C=CCCSc1ncn[nH]1. The summed E-state index contributed by atoms with van der Waals surface area (Å²) in [6.45, 7) is 3.62. The molecule has 0 spiro atoms. The summed E-state index contributed by atoms with van der Waals surface area (Å²) in [5.41, 5.74) is 0. The van der Waals surface area contributed by atoms with Gasteiger partial charge in [-0.15, -0.1) is 6.58 Å². The van der Waals surface area contributed by atoms with Crippen molar-refractivity contribution in [3.63, 3.8) is 0 Å². The maximum atomic E-state index is 3.95. The third-order valence-corrected chi connectivity index (χ3v) is 1.86. The van der Waals surface area contributed by atoms with Crippen LogP contribution in [0.15, 0.2) is 24.1 Å². The number of aromatic nitrogens is 3. The molecule has 0 atom stereocenters. The molecule has 1 aromatic heterocycles. The smallest absolute Gasteiger partial charge is 0.183 e. The highest BCUT2D eigenvalue weighted by atomic mass is 32.2. The Morgan fingerprint density at radius 2 is 2.70 bits per heavy atom. The van der Waals surface area contributed by atoms with Gasteiger partial charge in [0.2, 0.25) is 0 Å². The molecule has 0 aliphatic rings. The molecule has 4 heteroatoms. The van der Waals surface area contributed by atoms with E-state index in [1.807, 2.05) is 6.08 Å². The predicted octanol–water partition coefficient (Wildman–Crippen LogP) is 1.47. The molecule has 0 fully saturated rings. The molecule has 1 aromatic rings. The van der Waals surface area contributed by atoms with Crippen molar-refractivity contribution in [3.8, 4) is 0 Å². The van der Waals surface area contributed by atoms with Crippen LogP contribution in [0.1, 0.15) is 6.42 Å². The fourth-order valence-corrected chi connectivity index (χ4v) is 1.22. The number of allylic oxidation sites excluding steroid dienone is 1. The normalized spacial score (nSPS) is 9.60. The standard InChI is InChI=1S/C6H9N3S/c1-2-3-4-10-6-7-5-8-9-6/h2,5H,1,3-4H2,(H,7,8,9). The van der Waals surface area contributed by atoms with Crippen LogP contribution in [-0.2, 0) is 0 Å². The lowest BCUT2D eigenvalue weighted by Gasteiger charge is -1.89. The van der Waals surface area contributed by atoms with Gasteiger partial charge in [0.05, 0.1) is 0 Å². The Kier molecular flexibility index (Phi) is 3.02. The highest BCUT2D eigenvalue weighted by Crippen LogP contribution is 2.11. The third kappa shape index (κ3) is 2.23. The van der Waals surface area contributed by atoms with Gasteiger partial charge in [-0.25, -0.2) is 4.98 Å². The first-order valence-electron chi connectivity index (χ1n) is 3.02. The van der Waals surface area contributed by atoms with E-state index in [9.17, 15) is 0 Å². The zero-order valence-corrected chi connectivity index (χ0v) is 6.40. The molecular weight excluding hydrogens is 146 g/mol. The van der Waals surface area contributed by atoms with Gasteiger partial charge in [0.25, 0.3) is 0 Å². The minimum Gasteiger partial charge on any atom is -0.254 e. The van der Waals surface area contributed by atoms with Gasteiger partial charge < -0.3 is 0 Å². The van der Waals surface area contributed by atoms with Gasteiger partial charge >= 0.3 is 0 Å². The van der Waals surface area contributed by atoms with Crippen LogP contribution in [0.2, 0.25) is 0 Å². The summed E-state index contributed by atoms with van der Waals surface area (Å²) in [5.74, 6) is 1.01. The van der Waals surface area contributed by atoms with Crippen molar-refractivity contribution in [1.29, 1.82) is 0 Å². The van der Waals surface area contributed by atoms with E-state index in [4.69, 9.17) is 0 Å². The highest BCUT2D eigenvalue weighted by molar-refractivity contribution is 7.99. The maximum absolute atomic E-state index is 3.95. The second-order valence-corrected chi connectivity index (χ2v) is 2.80. The maximum Gasteiger partial charge on any atom is 0.183 e. The lowest BCUT2D eigenvalue weighted by molar-refractivity contribution is 0.972. The van der Waals surface area contributed by atoms with Crippen LogP contribution in [0.4, 0.5) is 0 Å². The van der Waals surface area contributed by atoms with Crippen molar-refractivity contribution >= 4 is 11.8 Å². The molecule has 0 aromatic carbocycles. The number of aromatic amines is 1. The molecule has 0 aliphatic carbocycles. The number of thioether (sulfide) groups is 1. The number of hydrogen-bond donors (Lipinski definition) is 1. The first-order chi connectivity index (χ1) is 4.93. The second-order valence-electron chi connectivity index (χ2n) is 1.72. The van der Waals surface area contributed by atoms with Gasteiger partial charge in [0.1, 0.15) is 6.33 Å². The molecule has 0 amide bonds. The molecule has 0 saturated heterocycles. The van der Waals surface area contributed by atoms with Crippen molar-refractivity contribution < 1.29 is 0 Å². The largest absolute Gasteiger partial charge is 0.254 e. The van der Waals surface area contributed by atoms with Gasteiger partial charge in [-0.1, -0.05) is 17.8 Å². The molecular formula is C6H9N3S. The Hall–Kier alpha value is -0.770. The lowest BCUT2D eigenvalue weighted by atomic mass is 10.5. The van der Waals surface area contributed by atoms with Crippen LogP contribution >= 0.6 is 11.8 Å². The Labute approximate surface area is 63.9 Å². The molecule has 1 rings (SSSR count). The summed E-state index contributed by atoms with van der Waals surface area (Å²) >= 11 is 1.65. The van der Waals surface area contributed by atoms with E-state index in [1.165, 1.54) is 6.33 Å². The Morgan fingerprint density at radius 3 is 3.30 bits per heavy atom. The minimum absolute atomic E-state index is 0.877. The first kappa shape index (κ1) is 7.34. The summed E-state index contributed by atoms with van der Waals surface area (Å²) in [7, 11) is 0. The van der Waals surface area contributed by atoms with Gasteiger partial charge in [0.15, 0.2) is 5.16 Å². The van der Waals surface area contributed by atoms with E-state index >= 15 is 0 Å². The Bertz CT molecular complexity index is 183. The minimum atomic E-state index is 0.877. The van der Waals surface area contributed by atoms with Crippen molar-refractivity contribution in [2.75, 3.05) is 5.75 Å². The van der Waals surface area contributed by atoms with E-state index in [2.05, 4.69) is 21.8 Å². The quantitative estimate of drug-likeness (QED) is 0.406. The molecule has 0 unspecified atom stereocenters. The van der Waals surface area contributed by atoms with E-state index in [-0.39, 0.29) is 0 Å². The molecule has 1 heterocycles. The molecule has 10 heavy (non-hydrogen) atoms. The molecule has 0 saturated carbocycles. The first-order valence-corrected chi connectivity index (χ1v) is 4.01. The number of nitrogens with one attached hydrogen (secondary N) is 1. The zero-order valence-electron chi connectivity index (χ0n) is 5.58. The van der Waals surface area contributed by atoms with Crippen molar-refractivity contribution in [2.24, 2.45) is 0 Å². The van der Waals surface area contributed by atoms with E-state index in [0.717, 1.165) is 17.3 Å². The summed E-state index contributed by atoms with van der Waals surface area (Å²) in [5, 5.41) is 7.36. The summed E-state index contributed by atoms with van der Waals surface area (Å²) < 4.78 is 0. The summed E-state index contributed by atoms with van der Waals surface area (Å²) in [6, 6.07) is 0. The van der Waals surface area contributed by atoms with Crippen molar-refractivity contribution in [1.82, 2.24) is 15.2 Å². The fourth-order valence-electron chi connectivity index (χ4n) is 0.503. The second kappa shape index (κ2) is 4.11. The highest BCUT2D eigenvalue weighted by Gasteiger charge is 1.92. The van der Waals surface area contributed by atoms with Crippen molar-refractivity contribution in [2.45, 2.75) is 11.6 Å². The van der Waals surface area contributed by atoms with Crippen LogP contribution in [0.3, 0.4) is 0 Å². The van der Waals surface area contributed by atoms with E-state index in [0.29, 0.717) is 0 Å². The average molecular weight is 155 g/mol. The Balaban J connectivity index is 2.21.